The largest absolute Gasteiger partial charge is 2.00 e. The van der Waals surface area contributed by atoms with E-state index in [1.165, 1.54) is 0 Å². The van der Waals surface area contributed by atoms with E-state index in [-0.39, 0.29) is 50.3 Å². The van der Waals surface area contributed by atoms with E-state index in [1.54, 1.807) is 0 Å². The molecular weight excluding hydrogens is 399 g/mol. The molecule has 0 spiro atoms. The van der Waals surface area contributed by atoms with E-state index in [0.29, 0.717) is 0 Å². The molecule has 0 rings (SSSR count). The molecule has 173 valence electrons. The third kappa shape index (κ3) is 27.8. The van der Waals surface area contributed by atoms with Crippen molar-refractivity contribution < 1.29 is 17.1 Å². The standard InChI is InChI=1S/2C12H25N2.Mn/c2*1-10(2,3)13-9-12(7,8)14-11(4,5)6;/h2*9H,1-8H3;/q2*-1;+2. The Hall–Kier alpha value is -0.221. The molecule has 0 heterocycles. The van der Waals surface area contributed by atoms with E-state index in [9.17, 15) is 0 Å². The van der Waals surface area contributed by atoms with Crippen LogP contribution in [0.4, 0.5) is 0 Å². The fourth-order valence-corrected chi connectivity index (χ4v) is 2.49. The molecule has 0 aromatic rings. The fraction of sp³-hybridized carbons (Fsp3) is 0.917. The second-order valence-corrected chi connectivity index (χ2v) is 12.7. The second-order valence-electron chi connectivity index (χ2n) is 12.7. The van der Waals surface area contributed by atoms with Gasteiger partial charge in [-0.15, -0.1) is 11.1 Å². The molecule has 29 heavy (non-hydrogen) atoms. The van der Waals surface area contributed by atoms with Crippen molar-refractivity contribution in [3.63, 3.8) is 0 Å². The van der Waals surface area contributed by atoms with Crippen molar-refractivity contribution in [3.8, 4) is 0 Å². The summed E-state index contributed by atoms with van der Waals surface area (Å²) in [7, 11) is 0. The molecule has 0 aromatic carbocycles. The van der Waals surface area contributed by atoms with Crippen molar-refractivity contribution in [3.05, 3.63) is 10.6 Å². The van der Waals surface area contributed by atoms with E-state index in [2.05, 4.69) is 121 Å². The summed E-state index contributed by atoms with van der Waals surface area (Å²) in [6, 6.07) is 0. The van der Waals surface area contributed by atoms with Crippen LogP contribution in [-0.2, 0) is 17.1 Å². The molecule has 0 unspecified atom stereocenters. The predicted molar refractivity (Wildman–Crippen MR) is 131 cm³/mol. The number of rotatable bonds is 4. The minimum atomic E-state index is -0.175. The third-order valence-corrected chi connectivity index (χ3v) is 2.78. The zero-order valence-electron chi connectivity index (χ0n) is 22.3. The van der Waals surface area contributed by atoms with Gasteiger partial charge < -0.3 is 10.6 Å². The van der Waals surface area contributed by atoms with Crippen molar-refractivity contribution in [2.45, 2.75) is 144 Å². The molecule has 0 atom stereocenters. The molecule has 0 fully saturated rings. The SMILES string of the molecule is CC(C)(C)N=CC(C)(C)[N-]C(C)(C)C.CC(C)(C)N=CC(C)(C)[N-]C(C)(C)C.[Mn+2]. The maximum Gasteiger partial charge on any atom is 2.00 e. The summed E-state index contributed by atoms with van der Waals surface area (Å²) in [5.41, 5.74) is -0.382. The van der Waals surface area contributed by atoms with Crippen LogP contribution in [0.5, 0.6) is 0 Å². The van der Waals surface area contributed by atoms with Crippen LogP contribution in [0.2, 0.25) is 0 Å². The van der Waals surface area contributed by atoms with E-state index in [4.69, 9.17) is 10.6 Å². The van der Waals surface area contributed by atoms with E-state index < -0.39 is 0 Å². The Bertz CT molecular complexity index is 457. The van der Waals surface area contributed by atoms with Crippen LogP contribution in [0.3, 0.4) is 0 Å². The quantitative estimate of drug-likeness (QED) is 0.313. The topological polar surface area (TPSA) is 52.9 Å². The minimum Gasteiger partial charge on any atom is -0.648 e. The first kappa shape index (κ1) is 33.4. The molecule has 0 aliphatic carbocycles. The van der Waals surface area contributed by atoms with Crippen LogP contribution in [0.25, 0.3) is 10.6 Å². The normalized spacial score (nSPS) is 14.6. The first-order chi connectivity index (χ1) is 11.8. The summed E-state index contributed by atoms with van der Waals surface area (Å²) >= 11 is 0. The van der Waals surface area contributed by atoms with Gasteiger partial charge in [0, 0.05) is 0 Å². The van der Waals surface area contributed by atoms with Crippen LogP contribution in [-0.4, -0.2) is 45.7 Å². The molecule has 0 saturated carbocycles. The fourth-order valence-electron chi connectivity index (χ4n) is 2.49. The van der Waals surface area contributed by atoms with Crippen LogP contribution in [0.1, 0.15) is 111 Å². The van der Waals surface area contributed by atoms with Gasteiger partial charge in [0.15, 0.2) is 0 Å². The summed E-state index contributed by atoms with van der Waals surface area (Å²) < 4.78 is 0. The Labute approximate surface area is 194 Å². The van der Waals surface area contributed by atoms with Gasteiger partial charge in [-0.2, -0.15) is 0 Å². The Morgan fingerprint density at radius 3 is 0.793 bits per heavy atom. The molecule has 0 aliphatic rings. The molecule has 0 amide bonds. The Morgan fingerprint density at radius 1 is 0.448 bits per heavy atom. The molecule has 1 radical (unpaired) electrons. The molecule has 0 aliphatic heterocycles. The van der Waals surface area contributed by atoms with E-state index in [0.717, 1.165) is 0 Å². The van der Waals surface area contributed by atoms with Crippen LogP contribution in [0.15, 0.2) is 9.98 Å². The van der Waals surface area contributed by atoms with Crippen molar-refractivity contribution in [2.24, 2.45) is 9.98 Å². The number of hydrogen-bond donors (Lipinski definition) is 0. The molecule has 4 nitrogen and oxygen atoms in total. The Balaban J connectivity index is -0.000000451. The van der Waals surface area contributed by atoms with Gasteiger partial charge in [0.2, 0.25) is 0 Å². The first-order valence-electron chi connectivity index (χ1n) is 10.4. The zero-order chi connectivity index (χ0) is 23.2. The number of hydrogen-bond acceptors (Lipinski definition) is 2. The minimum absolute atomic E-state index is 0. The van der Waals surface area contributed by atoms with Gasteiger partial charge in [0.05, 0.1) is 11.1 Å². The van der Waals surface area contributed by atoms with E-state index in [1.807, 2.05) is 12.4 Å². The van der Waals surface area contributed by atoms with Crippen LogP contribution in [0, 0.1) is 0 Å². The van der Waals surface area contributed by atoms with Gasteiger partial charge in [-0.3, -0.25) is 9.98 Å². The first-order valence-corrected chi connectivity index (χ1v) is 10.4. The zero-order valence-corrected chi connectivity index (χ0v) is 23.5. The summed E-state index contributed by atoms with van der Waals surface area (Å²) in [5.74, 6) is 0. The van der Waals surface area contributed by atoms with E-state index >= 15 is 0 Å². The molecular formula is C24H50MnN4. The van der Waals surface area contributed by atoms with Gasteiger partial charge in [-0.05, 0) is 54.0 Å². The predicted octanol–water partition coefficient (Wildman–Crippen LogP) is 7.61. The van der Waals surface area contributed by atoms with Crippen molar-refractivity contribution in [2.75, 3.05) is 0 Å². The van der Waals surface area contributed by atoms with Crippen molar-refractivity contribution in [1.82, 2.24) is 0 Å². The monoisotopic (exact) mass is 449 g/mol. The van der Waals surface area contributed by atoms with Crippen LogP contribution >= 0.6 is 0 Å². The summed E-state index contributed by atoms with van der Waals surface area (Å²) in [6.45, 7) is 33.6. The average molecular weight is 450 g/mol. The Morgan fingerprint density at radius 2 is 0.655 bits per heavy atom. The maximum absolute atomic E-state index is 4.70. The summed E-state index contributed by atoms with van der Waals surface area (Å²) in [6.07, 6.45) is 3.91. The summed E-state index contributed by atoms with van der Waals surface area (Å²) in [4.78, 5) is 8.99. The van der Waals surface area contributed by atoms with Gasteiger partial charge in [-0.1, -0.05) is 80.3 Å². The average Bonchev–Trinajstić information content (AvgIpc) is 2.28. The van der Waals surface area contributed by atoms with Gasteiger partial charge in [0.25, 0.3) is 0 Å². The molecule has 0 bridgehead atoms. The molecule has 0 saturated heterocycles. The van der Waals surface area contributed by atoms with Crippen LogP contribution < -0.4 is 0 Å². The molecule has 5 heteroatoms. The second kappa shape index (κ2) is 11.4. The van der Waals surface area contributed by atoms with Gasteiger partial charge >= 0.3 is 17.1 Å². The van der Waals surface area contributed by atoms with Crippen molar-refractivity contribution in [1.29, 1.82) is 0 Å². The van der Waals surface area contributed by atoms with Gasteiger partial charge in [-0.25, -0.2) is 0 Å². The number of aliphatic imine (C=N–C) groups is 2. The smallest absolute Gasteiger partial charge is 0.648 e. The summed E-state index contributed by atoms with van der Waals surface area (Å²) in [5, 5.41) is 9.39. The van der Waals surface area contributed by atoms with Gasteiger partial charge in [0.1, 0.15) is 0 Å². The molecule has 0 aromatic heterocycles. The third-order valence-electron chi connectivity index (χ3n) is 2.78. The van der Waals surface area contributed by atoms with Crippen molar-refractivity contribution >= 4 is 12.4 Å². The number of nitrogens with zero attached hydrogens (tertiary/aromatic N) is 4. The maximum atomic E-state index is 4.70. The Kier molecular flexibility index (Phi) is 13.2. The molecule has 0 N–H and O–H groups in total.